The minimum absolute atomic E-state index is 0.512. The minimum atomic E-state index is 0.512. The SMILES string of the molecule is Cc1ccc(COCCC2CC2c2cncc(OCC3CCN3)c2)cc1. The second-order valence-corrected chi connectivity index (χ2v) is 7.63. The van der Waals surface area contributed by atoms with Crippen molar-refractivity contribution in [2.24, 2.45) is 5.92 Å². The van der Waals surface area contributed by atoms with Crippen LogP contribution in [0.3, 0.4) is 0 Å². The zero-order chi connectivity index (χ0) is 17.8. The Morgan fingerprint density at radius 3 is 2.81 bits per heavy atom. The molecule has 138 valence electrons. The van der Waals surface area contributed by atoms with Gasteiger partial charge >= 0.3 is 0 Å². The van der Waals surface area contributed by atoms with E-state index < -0.39 is 0 Å². The van der Waals surface area contributed by atoms with Crippen LogP contribution in [0.25, 0.3) is 0 Å². The Balaban J connectivity index is 1.18. The van der Waals surface area contributed by atoms with Crippen molar-refractivity contribution >= 4 is 0 Å². The number of aryl methyl sites for hydroxylation is 1. The average Bonchev–Trinajstić information content (AvgIpc) is 3.39. The fraction of sp³-hybridized carbons (Fsp3) is 0.500. The van der Waals surface area contributed by atoms with Crippen LogP contribution in [0.2, 0.25) is 0 Å². The maximum Gasteiger partial charge on any atom is 0.137 e. The molecule has 2 heterocycles. The molecule has 0 bridgehead atoms. The maximum absolute atomic E-state index is 5.87. The molecule has 4 nitrogen and oxygen atoms in total. The van der Waals surface area contributed by atoms with E-state index in [2.05, 4.69) is 47.6 Å². The van der Waals surface area contributed by atoms with Crippen molar-refractivity contribution in [3.8, 4) is 5.75 Å². The van der Waals surface area contributed by atoms with Crippen molar-refractivity contribution < 1.29 is 9.47 Å². The summed E-state index contributed by atoms with van der Waals surface area (Å²) in [6.07, 6.45) is 7.38. The van der Waals surface area contributed by atoms with E-state index in [9.17, 15) is 0 Å². The molecule has 2 aromatic rings. The third kappa shape index (κ3) is 4.63. The molecule has 4 heteroatoms. The number of hydrogen-bond donors (Lipinski definition) is 1. The second kappa shape index (κ2) is 8.19. The molecule has 1 aromatic heterocycles. The number of nitrogens with one attached hydrogen (secondary N) is 1. The second-order valence-electron chi connectivity index (χ2n) is 7.63. The molecular formula is C22H28N2O2. The Morgan fingerprint density at radius 2 is 2.04 bits per heavy atom. The Kier molecular flexibility index (Phi) is 5.51. The van der Waals surface area contributed by atoms with Crippen LogP contribution in [0.5, 0.6) is 5.75 Å². The average molecular weight is 352 g/mol. The normalized spacial score (nSPS) is 24.1. The molecular weight excluding hydrogens is 324 g/mol. The van der Waals surface area contributed by atoms with Crippen molar-refractivity contribution in [1.82, 2.24) is 10.3 Å². The first kappa shape index (κ1) is 17.5. The van der Waals surface area contributed by atoms with Crippen molar-refractivity contribution in [2.75, 3.05) is 19.8 Å². The molecule has 3 unspecified atom stereocenters. The van der Waals surface area contributed by atoms with E-state index in [1.165, 1.54) is 29.5 Å². The molecule has 4 rings (SSSR count). The zero-order valence-corrected chi connectivity index (χ0v) is 15.5. The van der Waals surface area contributed by atoms with Crippen LogP contribution < -0.4 is 10.1 Å². The molecule has 1 saturated heterocycles. The van der Waals surface area contributed by atoms with Gasteiger partial charge in [0.15, 0.2) is 0 Å². The van der Waals surface area contributed by atoms with Crippen LogP contribution in [0.15, 0.2) is 42.7 Å². The molecule has 1 aliphatic carbocycles. The number of ether oxygens (including phenoxy) is 2. The molecule has 2 fully saturated rings. The highest BCUT2D eigenvalue weighted by atomic mass is 16.5. The van der Waals surface area contributed by atoms with E-state index in [1.54, 1.807) is 0 Å². The third-order valence-corrected chi connectivity index (χ3v) is 5.48. The van der Waals surface area contributed by atoms with Crippen molar-refractivity contribution in [1.29, 1.82) is 0 Å². The summed E-state index contributed by atoms with van der Waals surface area (Å²) in [6.45, 7) is 5.49. The first-order valence-corrected chi connectivity index (χ1v) is 9.72. The smallest absolute Gasteiger partial charge is 0.137 e. The van der Waals surface area contributed by atoms with Crippen LogP contribution in [-0.4, -0.2) is 30.8 Å². The lowest BCUT2D eigenvalue weighted by atomic mass is 10.1. The van der Waals surface area contributed by atoms with Gasteiger partial charge in [-0.3, -0.25) is 4.98 Å². The fourth-order valence-corrected chi connectivity index (χ4v) is 3.49. The van der Waals surface area contributed by atoms with Crippen LogP contribution in [0, 0.1) is 12.8 Å². The van der Waals surface area contributed by atoms with Crippen LogP contribution in [0.1, 0.15) is 41.9 Å². The highest BCUT2D eigenvalue weighted by Gasteiger charge is 2.38. The summed E-state index contributed by atoms with van der Waals surface area (Å²) >= 11 is 0. The first-order valence-electron chi connectivity index (χ1n) is 9.72. The van der Waals surface area contributed by atoms with E-state index in [1.807, 2.05) is 12.4 Å². The van der Waals surface area contributed by atoms with Gasteiger partial charge in [0, 0.05) is 18.8 Å². The molecule has 26 heavy (non-hydrogen) atoms. The summed E-state index contributed by atoms with van der Waals surface area (Å²) in [5.74, 6) is 2.24. The standard InChI is InChI=1S/C22H28N2O2/c1-16-2-4-17(5-3-16)14-25-9-7-18-11-22(18)19-10-21(13-23-12-19)26-15-20-6-8-24-20/h2-5,10,12-13,18,20,22,24H,6-9,11,14-15H2,1H3. The van der Waals surface area contributed by atoms with Gasteiger partial charge in [0.25, 0.3) is 0 Å². The molecule has 2 aliphatic rings. The Hall–Kier alpha value is -1.91. The quantitative estimate of drug-likeness (QED) is 0.697. The number of aromatic nitrogens is 1. The molecule has 0 spiro atoms. The van der Waals surface area contributed by atoms with Gasteiger partial charge in [0.2, 0.25) is 0 Å². The summed E-state index contributed by atoms with van der Waals surface area (Å²) in [7, 11) is 0. The van der Waals surface area contributed by atoms with Crippen LogP contribution >= 0.6 is 0 Å². The maximum atomic E-state index is 5.87. The first-order chi connectivity index (χ1) is 12.8. The predicted octanol–water partition coefficient (Wildman–Crippen LogP) is 3.84. The number of rotatable bonds is 9. The van der Waals surface area contributed by atoms with E-state index >= 15 is 0 Å². The van der Waals surface area contributed by atoms with Gasteiger partial charge in [-0.15, -0.1) is 0 Å². The monoisotopic (exact) mass is 352 g/mol. The molecule has 1 aliphatic heterocycles. The van der Waals surface area contributed by atoms with Gasteiger partial charge < -0.3 is 14.8 Å². The van der Waals surface area contributed by atoms with Gasteiger partial charge in [0.05, 0.1) is 12.8 Å². The zero-order valence-electron chi connectivity index (χ0n) is 15.5. The molecule has 1 saturated carbocycles. The van der Waals surface area contributed by atoms with Gasteiger partial charge in [-0.1, -0.05) is 29.8 Å². The number of nitrogens with zero attached hydrogens (tertiary/aromatic N) is 1. The van der Waals surface area contributed by atoms with Crippen molar-refractivity contribution in [3.05, 3.63) is 59.4 Å². The summed E-state index contributed by atoms with van der Waals surface area (Å²) in [6, 6.07) is 11.2. The van der Waals surface area contributed by atoms with E-state index in [0.717, 1.165) is 37.8 Å². The molecule has 1 N–H and O–H groups in total. The van der Waals surface area contributed by atoms with E-state index in [0.29, 0.717) is 18.6 Å². The van der Waals surface area contributed by atoms with Crippen molar-refractivity contribution in [2.45, 2.75) is 44.8 Å². The number of benzene rings is 1. The lowest BCUT2D eigenvalue weighted by Gasteiger charge is -2.27. The molecule has 3 atom stereocenters. The van der Waals surface area contributed by atoms with Crippen LogP contribution in [0.4, 0.5) is 0 Å². The van der Waals surface area contributed by atoms with Crippen molar-refractivity contribution in [3.63, 3.8) is 0 Å². The molecule has 0 amide bonds. The van der Waals surface area contributed by atoms with Gasteiger partial charge in [-0.2, -0.15) is 0 Å². The van der Waals surface area contributed by atoms with E-state index in [4.69, 9.17) is 9.47 Å². The predicted molar refractivity (Wildman–Crippen MR) is 102 cm³/mol. The summed E-state index contributed by atoms with van der Waals surface area (Å²) in [5.41, 5.74) is 3.85. The summed E-state index contributed by atoms with van der Waals surface area (Å²) in [5, 5.41) is 3.36. The van der Waals surface area contributed by atoms with Gasteiger partial charge in [-0.25, -0.2) is 0 Å². The Morgan fingerprint density at radius 1 is 1.19 bits per heavy atom. The highest BCUT2D eigenvalue weighted by molar-refractivity contribution is 5.30. The van der Waals surface area contributed by atoms with E-state index in [-0.39, 0.29) is 0 Å². The Bertz CT molecular complexity index is 712. The third-order valence-electron chi connectivity index (χ3n) is 5.48. The topological polar surface area (TPSA) is 43.4 Å². The lowest BCUT2D eigenvalue weighted by Crippen LogP contribution is -2.46. The summed E-state index contributed by atoms with van der Waals surface area (Å²) in [4.78, 5) is 4.37. The highest BCUT2D eigenvalue weighted by Crippen LogP contribution is 2.49. The van der Waals surface area contributed by atoms with Gasteiger partial charge in [0.1, 0.15) is 12.4 Å². The lowest BCUT2D eigenvalue weighted by molar-refractivity contribution is 0.114. The minimum Gasteiger partial charge on any atom is -0.490 e. The number of hydrogen-bond acceptors (Lipinski definition) is 4. The Labute approximate surface area is 155 Å². The number of pyridine rings is 1. The van der Waals surface area contributed by atoms with Gasteiger partial charge in [-0.05, 0) is 61.8 Å². The largest absolute Gasteiger partial charge is 0.490 e. The molecule has 1 aromatic carbocycles. The van der Waals surface area contributed by atoms with Crippen LogP contribution in [-0.2, 0) is 11.3 Å². The summed E-state index contributed by atoms with van der Waals surface area (Å²) < 4.78 is 11.7. The molecule has 0 radical (unpaired) electrons. The fourth-order valence-electron chi connectivity index (χ4n) is 3.49.